The molecule has 0 aromatic carbocycles. The van der Waals surface area contributed by atoms with Gasteiger partial charge < -0.3 is 5.11 Å². The Morgan fingerprint density at radius 2 is 2.62 bits per heavy atom. The molecule has 1 aliphatic heterocycles. The molecule has 2 atom stereocenters. The smallest absolute Gasteiger partial charge is 0.305 e. The Morgan fingerprint density at radius 1 is 1.88 bits per heavy atom. The zero-order valence-electron chi connectivity index (χ0n) is 4.07. The Balaban J connectivity index is 2.32. The highest BCUT2D eigenvalue weighted by Crippen LogP contribution is 2.06. The van der Waals surface area contributed by atoms with E-state index in [2.05, 4.69) is 8.37 Å². The Morgan fingerprint density at radius 3 is 2.88 bits per heavy atom. The van der Waals surface area contributed by atoms with Gasteiger partial charge in [0.1, 0.15) is 6.10 Å². The van der Waals surface area contributed by atoms with E-state index in [-0.39, 0.29) is 13.2 Å². The Hall–Kier alpha value is 0.0300. The molecule has 1 saturated heterocycles. The lowest BCUT2D eigenvalue weighted by Crippen LogP contribution is -2.13. The fourth-order valence-electron chi connectivity index (χ4n) is 0.381. The molecular formula is C3H6O4S. The van der Waals surface area contributed by atoms with E-state index in [9.17, 15) is 4.21 Å². The Bertz CT molecular complexity index is 103. The molecule has 48 valence electrons. The van der Waals surface area contributed by atoms with Crippen LogP contribution in [0.2, 0.25) is 0 Å². The Labute approximate surface area is 49.3 Å². The highest BCUT2D eigenvalue weighted by atomic mass is 32.2. The summed E-state index contributed by atoms with van der Waals surface area (Å²) in [6.07, 6.45) is -0.393. The third-order valence-electron chi connectivity index (χ3n) is 0.768. The molecule has 1 aliphatic rings. The van der Waals surface area contributed by atoms with Crippen molar-refractivity contribution in [2.45, 2.75) is 6.10 Å². The van der Waals surface area contributed by atoms with E-state index in [1.165, 1.54) is 0 Å². The van der Waals surface area contributed by atoms with Crippen LogP contribution < -0.4 is 0 Å². The molecular weight excluding hydrogens is 132 g/mol. The second-order valence-electron chi connectivity index (χ2n) is 1.39. The average molecular weight is 138 g/mol. The van der Waals surface area contributed by atoms with Crippen LogP contribution in [0.15, 0.2) is 0 Å². The van der Waals surface area contributed by atoms with E-state index >= 15 is 0 Å². The largest absolute Gasteiger partial charge is 0.394 e. The molecule has 4 nitrogen and oxygen atoms in total. The topological polar surface area (TPSA) is 55.8 Å². The standard InChI is InChI=1S/C3H6O4S/c4-1-3-2-6-8(5)7-3/h3-4H,1-2H2/t3-,8-/m1/s1. The van der Waals surface area contributed by atoms with Crippen molar-refractivity contribution in [3.63, 3.8) is 0 Å². The molecule has 1 N–H and O–H groups in total. The number of aliphatic hydroxyl groups is 1. The minimum Gasteiger partial charge on any atom is -0.394 e. The van der Waals surface area contributed by atoms with Gasteiger partial charge in [0.05, 0.1) is 13.2 Å². The van der Waals surface area contributed by atoms with Gasteiger partial charge in [-0.05, 0) is 0 Å². The zero-order valence-corrected chi connectivity index (χ0v) is 4.89. The first kappa shape index (κ1) is 6.15. The van der Waals surface area contributed by atoms with Gasteiger partial charge in [-0.3, -0.25) is 8.37 Å². The number of aliphatic hydroxyl groups excluding tert-OH is 1. The average Bonchev–Trinajstić information content (AvgIpc) is 2.14. The van der Waals surface area contributed by atoms with Gasteiger partial charge in [0.15, 0.2) is 0 Å². The summed E-state index contributed by atoms with van der Waals surface area (Å²) < 4.78 is 19.1. The second-order valence-corrected chi connectivity index (χ2v) is 2.23. The minimum absolute atomic E-state index is 0.133. The van der Waals surface area contributed by atoms with Crippen LogP contribution in [0.4, 0.5) is 0 Å². The molecule has 5 heteroatoms. The molecule has 1 fully saturated rings. The lowest BCUT2D eigenvalue weighted by Gasteiger charge is -1.95. The van der Waals surface area contributed by atoms with Crippen molar-refractivity contribution in [2.24, 2.45) is 0 Å². The van der Waals surface area contributed by atoms with Crippen LogP contribution in [-0.2, 0) is 19.7 Å². The van der Waals surface area contributed by atoms with Crippen molar-refractivity contribution in [1.29, 1.82) is 0 Å². The van der Waals surface area contributed by atoms with Crippen LogP contribution in [0, 0.1) is 0 Å². The molecule has 8 heavy (non-hydrogen) atoms. The van der Waals surface area contributed by atoms with Gasteiger partial charge in [-0.25, -0.2) is 0 Å². The van der Waals surface area contributed by atoms with Crippen LogP contribution >= 0.6 is 0 Å². The molecule has 0 aromatic heterocycles. The van der Waals surface area contributed by atoms with Gasteiger partial charge >= 0.3 is 11.4 Å². The van der Waals surface area contributed by atoms with Gasteiger partial charge in [0.25, 0.3) is 0 Å². The highest BCUT2D eigenvalue weighted by Gasteiger charge is 2.21. The van der Waals surface area contributed by atoms with Crippen molar-refractivity contribution in [2.75, 3.05) is 13.2 Å². The van der Waals surface area contributed by atoms with Crippen LogP contribution in [0.5, 0.6) is 0 Å². The maximum absolute atomic E-state index is 10.2. The summed E-state index contributed by atoms with van der Waals surface area (Å²) in [6, 6.07) is 0. The SMILES string of the molecule is O=[S@@]1OC[C@@H](CO)O1. The van der Waals surface area contributed by atoms with Crippen molar-refractivity contribution in [3.05, 3.63) is 0 Å². The summed E-state index contributed by atoms with van der Waals surface area (Å²) in [7, 11) is 0. The zero-order chi connectivity index (χ0) is 5.98. The van der Waals surface area contributed by atoms with E-state index < -0.39 is 17.5 Å². The molecule has 0 unspecified atom stereocenters. The van der Waals surface area contributed by atoms with Crippen molar-refractivity contribution >= 4 is 11.4 Å². The molecule has 1 rings (SSSR count). The van der Waals surface area contributed by atoms with Gasteiger partial charge in [0, 0.05) is 0 Å². The molecule has 0 amide bonds. The predicted octanol–water partition coefficient (Wildman–Crippen LogP) is -1.03. The summed E-state index contributed by atoms with van der Waals surface area (Å²) in [5.74, 6) is 0. The number of hydrogen-bond donors (Lipinski definition) is 1. The van der Waals surface area contributed by atoms with E-state index in [1.54, 1.807) is 0 Å². The molecule has 0 saturated carbocycles. The maximum Gasteiger partial charge on any atom is 0.305 e. The van der Waals surface area contributed by atoms with E-state index in [1.807, 2.05) is 0 Å². The predicted molar refractivity (Wildman–Crippen MR) is 26.1 cm³/mol. The molecule has 1 heterocycles. The fourth-order valence-corrected chi connectivity index (χ4v) is 1.04. The molecule has 0 aromatic rings. The van der Waals surface area contributed by atoms with E-state index in [0.29, 0.717) is 0 Å². The monoisotopic (exact) mass is 138 g/mol. The first-order valence-electron chi connectivity index (χ1n) is 2.16. The van der Waals surface area contributed by atoms with Gasteiger partial charge in [-0.15, -0.1) is 0 Å². The molecule has 0 radical (unpaired) electrons. The lowest BCUT2D eigenvalue weighted by atomic mass is 10.4. The summed E-state index contributed by atoms with van der Waals surface area (Å²) >= 11 is -1.61. The van der Waals surface area contributed by atoms with Crippen LogP contribution in [0.3, 0.4) is 0 Å². The molecule has 0 spiro atoms. The minimum atomic E-state index is -1.61. The van der Waals surface area contributed by atoms with Crippen LogP contribution in [0.1, 0.15) is 0 Å². The third-order valence-corrected chi connectivity index (χ3v) is 1.53. The second kappa shape index (κ2) is 2.54. The number of rotatable bonds is 1. The first-order valence-corrected chi connectivity index (χ1v) is 3.16. The van der Waals surface area contributed by atoms with E-state index in [0.717, 1.165) is 0 Å². The van der Waals surface area contributed by atoms with Gasteiger partial charge in [0.2, 0.25) is 0 Å². The summed E-state index contributed by atoms with van der Waals surface area (Å²) in [5, 5.41) is 8.34. The quantitative estimate of drug-likeness (QED) is 0.503. The van der Waals surface area contributed by atoms with Gasteiger partial charge in [-0.2, -0.15) is 4.21 Å². The molecule has 0 aliphatic carbocycles. The summed E-state index contributed by atoms with van der Waals surface area (Å²) in [4.78, 5) is 0. The van der Waals surface area contributed by atoms with Crippen molar-refractivity contribution in [1.82, 2.24) is 0 Å². The Kier molecular flexibility index (Phi) is 1.95. The normalized spacial score (nSPS) is 38.1. The summed E-state index contributed by atoms with van der Waals surface area (Å²) in [6.45, 7) is 0.0921. The van der Waals surface area contributed by atoms with Gasteiger partial charge in [-0.1, -0.05) is 0 Å². The first-order chi connectivity index (χ1) is 3.83. The maximum atomic E-state index is 10.2. The highest BCUT2D eigenvalue weighted by molar-refractivity contribution is 7.75. The number of hydrogen-bond acceptors (Lipinski definition) is 4. The molecule has 0 bridgehead atoms. The van der Waals surface area contributed by atoms with E-state index in [4.69, 9.17) is 5.11 Å². The fraction of sp³-hybridized carbons (Fsp3) is 1.00. The van der Waals surface area contributed by atoms with Crippen LogP contribution in [-0.4, -0.2) is 28.6 Å². The van der Waals surface area contributed by atoms with Crippen LogP contribution in [0.25, 0.3) is 0 Å². The van der Waals surface area contributed by atoms with Crippen molar-refractivity contribution < 1.29 is 17.7 Å². The summed E-state index contributed by atoms with van der Waals surface area (Å²) in [5.41, 5.74) is 0. The van der Waals surface area contributed by atoms with Crippen molar-refractivity contribution in [3.8, 4) is 0 Å². The third kappa shape index (κ3) is 1.25. The lowest BCUT2D eigenvalue weighted by molar-refractivity contribution is 0.137.